The lowest BCUT2D eigenvalue weighted by Crippen LogP contribution is -2.18. The molecule has 112 valence electrons. The third kappa shape index (κ3) is 3.36. The Kier molecular flexibility index (Phi) is 4.73. The van der Waals surface area contributed by atoms with Crippen LogP contribution < -0.4 is 10.1 Å². The van der Waals surface area contributed by atoms with Gasteiger partial charge in [0.25, 0.3) is 0 Å². The second-order valence-corrected chi connectivity index (χ2v) is 5.66. The molecule has 1 aliphatic rings. The average molecular weight is 285 g/mol. The summed E-state index contributed by atoms with van der Waals surface area (Å²) in [4.78, 5) is 0. The summed E-state index contributed by atoms with van der Waals surface area (Å²) in [6, 6.07) is 12.7. The number of hydrogen-bond acceptors (Lipinski definition) is 3. The minimum Gasteiger partial charge on any atom is -0.496 e. The summed E-state index contributed by atoms with van der Waals surface area (Å²) in [6.45, 7) is 3.74. The van der Waals surface area contributed by atoms with Gasteiger partial charge in [-0.05, 0) is 42.1 Å². The summed E-state index contributed by atoms with van der Waals surface area (Å²) in [5.41, 5.74) is 1.25. The van der Waals surface area contributed by atoms with Crippen LogP contribution in [-0.2, 0) is 11.3 Å². The van der Waals surface area contributed by atoms with E-state index in [0.29, 0.717) is 0 Å². The molecule has 21 heavy (non-hydrogen) atoms. The number of nitrogens with one attached hydrogen (secondary N) is 1. The van der Waals surface area contributed by atoms with Gasteiger partial charge in [0.15, 0.2) is 0 Å². The number of benzene rings is 2. The Bertz CT molecular complexity index is 591. The van der Waals surface area contributed by atoms with Gasteiger partial charge >= 0.3 is 0 Å². The van der Waals surface area contributed by atoms with Gasteiger partial charge in [0, 0.05) is 25.3 Å². The molecule has 1 fully saturated rings. The molecule has 0 spiro atoms. The molecule has 3 rings (SSSR count). The van der Waals surface area contributed by atoms with Crippen molar-refractivity contribution in [2.75, 3.05) is 26.9 Å². The van der Waals surface area contributed by atoms with Crippen LogP contribution in [0.15, 0.2) is 36.4 Å². The molecule has 1 atom stereocenters. The van der Waals surface area contributed by atoms with E-state index in [4.69, 9.17) is 9.47 Å². The molecule has 3 nitrogen and oxygen atoms in total. The van der Waals surface area contributed by atoms with Gasteiger partial charge in [0.1, 0.15) is 5.75 Å². The van der Waals surface area contributed by atoms with Gasteiger partial charge in [-0.1, -0.05) is 30.3 Å². The van der Waals surface area contributed by atoms with Crippen molar-refractivity contribution in [3.8, 4) is 5.75 Å². The highest BCUT2D eigenvalue weighted by Crippen LogP contribution is 2.27. The summed E-state index contributed by atoms with van der Waals surface area (Å²) in [5.74, 6) is 1.69. The van der Waals surface area contributed by atoms with Crippen LogP contribution in [0.5, 0.6) is 5.75 Å². The van der Waals surface area contributed by atoms with Crippen LogP contribution in [0.2, 0.25) is 0 Å². The molecular formula is C18H23NO2. The summed E-state index contributed by atoms with van der Waals surface area (Å²) in [5, 5.41) is 6.09. The first kappa shape index (κ1) is 14.4. The average Bonchev–Trinajstić information content (AvgIpc) is 3.04. The number of rotatable bonds is 6. The second-order valence-electron chi connectivity index (χ2n) is 5.66. The van der Waals surface area contributed by atoms with Crippen molar-refractivity contribution in [2.45, 2.75) is 19.4 Å². The van der Waals surface area contributed by atoms with Gasteiger partial charge in [0.05, 0.1) is 7.11 Å². The molecule has 3 heteroatoms. The van der Waals surface area contributed by atoms with E-state index in [1.807, 2.05) is 0 Å². The zero-order valence-corrected chi connectivity index (χ0v) is 12.6. The van der Waals surface area contributed by atoms with Crippen molar-refractivity contribution < 1.29 is 9.47 Å². The molecule has 0 aromatic heterocycles. The fraction of sp³-hybridized carbons (Fsp3) is 0.444. The fourth-order valence-corrected chi connectivity index (χ4v) is 3.02. The number of methoxy groups -OCH3 is 1. The first-order chi connectivity index (χ1) is 10.4. The normalized spacial score (nSPS) is 18.2. The van der Waals surface area contributed by atoms with Crippen LogP contribution >= 0.6 is 0 Å². The molecule has 0 aliphatic carbocycles. The maximum Gasteiger partial charge on any atom is 0.123 e. The molecule has 2 aromatic carbocycles. The van der Waals surface area contributed by atoms with E-state index < -0.39 is 0 Å². The molecule has 1 unspecified atom stereocenters. The van der Waals surface area contributed by atoms with Crippen LogP contribution in [0.1, 0.15) is 18.4 Å². The SMILES string of the molecule is COc1ccc2ccccc2c1CNCCC1CCOC1. The van der Waals surface area contributed by atoms with E-state index >= 15 is 0 Å². The Balaban J connectivity index is 1.67. The molecule has 1 heterocycles. The highest BCUT2D eigenvalue weighted by atomic mass is 16.5. The minimum atomic E-state index is 0.729. The molecule has 1 aliphatic heterocycles. The third-order valence-corrected chi connectivity index (χ3v) is 4.27. The van der Waals surface area contributed by atoms with Gasteiger partial charge in [-0.3, -0.25) is 0 Å². The molecule has 0 saturated carbocycles. The first-order valence-electron chi connectivity index (χ1n) is 7.71. The van der Waals surface area contributed by atoms with E-state index in [1.165, 1.54) is 29.2 Å². The maximum atomic E-state index is 5.52. The van der Waals surface area contributed by atoms with Crippen LogP contribution in [-0.4, -0.2) is 26.9 Å². The highest BCUT2D eigenvalue weighted by Gasteiger charge is 2.15. The molecule has 1 N–H and O–H groups in total. The number of fused-ring (bicyclic) bond motifs is 1. The molecule has 0 amide bonds. The van der Waals surface area contributed by atoms with E-state index in [9.17, 15) is 0 Å². The largest absolute Gasteiger partial charge is 0.496 e. The van der Waals surface area contributed by atoms with Gasteiger partial charge in [-0.15, -0.1) is 0 Å². The van der Waals surface area contributed by atoms with Crippen LogP contribution in [0, 0.1) is 5.92 Å². The van der Waals surface area contributed by atoms with E-state index in [-0.39, 0.29) is 0 Å². The predicted molar refractivity (Wildman–Crippen MR) is 85.7 cm³/mol. The lowest BCUT2D eigenvalue weighted by atomic mass is 10.0. The van der Waals surface area contributed by atoms with Gasteiger partial charge < -0.3 is 14.8 Å². The Morgan fingerprint density at radius 3 is 2.95 bits per heavy atom. The minimum absolute atomic E-state index is 0.729. The van der Waals surface area contributed by atoms with E-state index in [1.54, 1.807) is 7.11 Å². The van der Waals surface area contributed by atoms with E-state index in [2.05, 4.69) is 41.7 Å². The Morgan fingerprint density at radius 2 is 2.14 bits per heavy atom. The molecule has 2 aromatic rings. The number of hydrogen-bond donors (Lipinski definition) is 1. The Labute approximate surface area is 126 Å². The van der Waals surface area contributed by atoms with Crippen molar-refractivity contribution in [3.63, 3.8) is 0 Å². The molecule has 0 radical (unpaired) electrons. The second kappa shape index (κ2) is 6.92. The van der Waals surface area contributed by atoms with Crippen LogP contribution in [0.4, 0.5) is 0 Å². The van der Waals surface area contributed by atoms with Crippen LogP contribution in [0.3, 0.4) is 0 Å². The fourth-order valence-electron chi connectivity index (χ4n) is 3.02. The van der Waals surface area contributed by atoms with Gasteiger partial charge in [0.2, 0.25) is 0 Å². The zero-order valence-electron chi connectivity index (χ0n) is 12.6. The maximum absolute atomic E-state index is 5.52. The van der Waals surface area contributed by atoms with Crippen molar-refractivity contribution in [2.24, 2.45) is 5.92 Å². The first-order valence-corrected chi connectivity index (χ1v) is 7.71. The summed E-state index contributed by atoms with van der Waals surface area (Å²) >= 11 is 0. The Morgan fingerprint density at radius 1 is 1.24 bits per heavy atom. The van der Waals surface area contributed by atoms with Gasteiger partial charge in [-0.2, -0.15) is 0 Å². The molecule has 1 saturated heterocycles. The summed E-state index contributed by atoms with van der Waals surface area (Å²) in [7, 11) is 1.74. The third-order valence-electron chi connectivity index (χ3n) is 4.27. The zero-order chi connectivity index (χ0) is 14.5. The standard InChI is InChI=1S/C18H23NO2/c1-20-18-7-6-15-4-2-3-5-16(15)17(18)12-19-10-8-14-9-11-21-13-14/h2-7,14,19H,8-13H2,1H3. The molecular weight excluding hydrogens is 262 g/mol. The van der Waals surface area contributed by atoms with E-state index in [0.717, 1.165) is 38.0 Å². The Hall–Kier alpha value is -1.58. The van der Waals surface area contributed by atoms with Gasteiger partial charge in [-0.25, -0.2) is 0 Å². The quantitative estimate of drug-likeness (QED) is 0.826. The van der Waals surface area contributed by atoms with Crippen molar-refractivity contribution >= 4 is 10.8 Å². The van der Waals surface area contributed by atoms with Crippen molar-refractivity contribution in [1.82, 2.24) is 5.32 Å². The summed E-state index contributed by atoms with van der Waals surface area (Å²) < 4.78 is 10.9. The van der Waals surface area contributed by atoms with Crippen molar-refractivity contribution in [3.05, 3.63) is 42.0 Å². The topological polar surface area (TPSA) is 30.5 Å². The lowest BCUT2D eigenvalue weighted by Gasteiger charge is -2.14. The number of ether oxygens (including phenoxy) is 2. The predicted octanol–water partition coefficient (Wildman–Crippen LogP) is 3.36. The molecule has 0 bridgehead atoms. The highest BCUT2D eigenvalue weighted by molar-refractivity contribution is 5.87. The smallest absolute Gasteiger partial charge is 0.123 e. The van der Waals surface area contributed by atoms with Crippen molar-refractivity contribution in [1.29, 1.82) is 0 Å². The lowest BCUT2D eigenvalue weighted by molar-refractivity contribution is 0.184. The summed E-state index contributed by atoms with van der Waals surface area (Å²) in [6.07, 6.45) is 2.40. The monoisotopic (exact) mass is 285 g/mol. The van der Waals surface area contributed by atoms with Crippen LogP contribution in [0.25, 0.3) is 10.8 Å².